The van der Waals surface area contributed by atoms with Crippen LogP contribution in [0.15, 0.2) is 42.5 Å². The molecule has 1 unspecified atom stereocenters. The highest BCUT2D eigenvalue weighted by atomic mass is 16.5. The van der Waals surface area contributed by atoms with E-state index in [1.54, 1.807) is 14.2 Å². The number of aryl methyl sites for hydroxylation is 1. The van der Waals surface area contributed by atoms with E-state index in [9.17, 15) is 0 Å². The molecule has 0 heterocycles. The Bertz CT molecular complexity index is 596. The minimum absolute atomic E-state index is 0.230. The van der Waals surface area contributed by atoms with Crippen LogP contribution in [-0.2, 0) is 6.42 Å². The number of benzene rings is 2. The van der Waals surface area contributed by atoms with Crippen LogP contribution in [0, 0.1) is 0 Å². The van der Waals surface area contributed by atoms with Gasteiger partial charge in [0, 0.05) is 5.56 Å². The topological polar surface area (TPSA) is 44.5 Å². The van der Waals surface area contributed by atoms with Gasteiger partial charge in [-0.15, -0.1) is 0 Å². The third-order valence-electron chi connectivity index (χ3n) is 3.62. The zero-order valence-electron chi connectivity index (χ0n) is 12.9. The maximum Gasteiger partial charge on any atom is 0.124 e. The van der Waals surface area contributed by atoms with Gasteiger partial charge in [-0.05, 0) is 35.7 Å². The summed E-state index contributed by atoms with van der Waals surface area (Å²) >= 11 is 0. The van der Waals surface area contributed by atoms with Gasteiger partial charge in [0.15, 0.2) is 0 Å². The Labute approximate surface area is 126 Å². The Kier molecular flexibility index (Phi) is 5.23. The molecule has 2 rings (SSSR count). The molecule has 1 atom stereocenters. The quantitative estimate of drug-likeness (QED) is 0.880. The second kappa shape index (κ2) is 7.14. The fourth-order valence-electron chi connectivity index (χ4n) is 2.49. The Morgan fingerprint density at radius 3 is 2.52 bits per heavy atom. The molecule has 0 radical (unpaired) electrons. The first-order valence-corrected chi connectivity index (χ1v) is 7.26. The molecule has 2 aromatic rings. The van der Waals surface area contributed by atoms with Crippen LogP contribution in [-0.4, -0.2) is 14.2 Å². The number of hydrogen-bond donors (Lipinski definition) is 1. The maximum absolute atomic E-state index is 6.45. The third kappa shape index (κ3) is 3.56. The molecule has 0 amide bonds. The molecule has 0 saturated heterocycles. The molecule has 0 fully saturated rings. The highest BCUT2D eigenvalue weighted by molar-refractivity contribution is 5.46. The number of methoxy groups -OCH3 is 2. The molecule has 21 heavy (non-hydrogen) atoms. The summed E-state index contributed by atoms with van der Waals surface area (Å²) in [4.78, 5) is 0. The van der Waals surface area contributed by atoms with Gasteiger partial charge >= 0.3 is 0 Å². The summed E-state index contributed by atoms with van der Waals surface area (Å²) < 4.78 is 10.7. The van der Waals surface area contributed by atoms with Gasteiger partial charge in [0.2, 0.25) is 0 Å². The molecule has 2 N–H and O–H groups in total. The van der Waals surface area contributed by atoms with E-state index in [0.29, 0.717) is 0 Å². The van der Waals surface area contributed by atoms with Crippen molar-refractivity contribution >= 4 is 0 Å². The zero-order chi connectivity index (χ0) is 15.2. The van der Waals surface area contributed by atoms with Crippen molar-refractivity contribution < 1.29 is 9.47 Å². The lowest BCUT2D eigenvalue weighted by Crippen LogP contribution is -2.13. The Morgan fingerprint density at radius 1 is 1.05 bits per heavy atom. The van der Waals surface area contributed by atoms with E-state index in [2.05, 4.69) is 31.2 Å². The lowest BCUT2D eigenvalue weighted by atomic mass is 9.96. The van der Waals surface area contributed by atoms with Gasteiger partial charge in [-0.1, -0.05) is 37.6 Å². The Morgan fingerprint density at radius 2 is 1.86 bits per heavy atom. The van der Waals surface area contributed by atoms with Gasteiger partial charge in [-0.25, -0.2) is 0 Å². The largest absolute Gasteiger partial charge is 0.497 e. The van der Waals surface area contributed by atoms with Crippen molar-refractivity contribution in [2.75, 3.05) is 14.2 Å². The van der Waals surface area contributed by atoms with Crippen molar-refractivity contribution in [3.05, 3.63) is 59.2 Å². The average Bonchev–Trinajstić information content (AvgIpc) is 2.54. The van der Waals surface area contributed by atoms with Crippen LogP contribution in [0.3, 0.4) is 0 Å². The summed E-state index contributed by atoms with van der Waals surface area (Å²) in [7, 11) is 3.31. The molecule has 0 aliphatic heterocycles. The molecule has 0 aliphatic rings. The van der Waals surface area contributed by atoms with E-state index in [0.717, 1.165) is 35.5 Å². The van der Waals surface area contributed by atoms with Crippen molar-refractivity contribution in [3.63, 3.8) is 0 Å². The zero-order valence-corrected chi connectivity index (χ0v) is 12.9. The molecule has 3 nitrogen and oxygen atoms in total. The maximum atomic E-state index is 6.45. The minimum Gasteiger partial charge on any atom is -0.497 e. The first-order chi connectivity index (χ1) is 10.2. The molecule has 0 aromatic heterocycles. The van der Waals surface area contributed by atoms with E-state index in [1.807, 2.05) is 18.2 Å². The van der Waals surface area contributed by atoms with Crippen molar-refractivity contribution in [2.24, 2.45) is 5.73 Å². The van der Waals surface area contributed by atoms with Gasteiger partial charge in [0.1, 0.15) is 11.5 Å². The minimum atomic E-state index is -0.230. The number of hydrogen-bond acceptors (Lipinski definition) is 3. The number of ether oxygens (including phenoxy) is 2. The van der Waals surface area contributed by atoms with E-state index >= 15 is 0 Å². The van der Waals surface area contributed by atoms with Crippen LogP contribution in [0.4, 0.5) is 0 Å². The Balaban J connectivity index is 2.38. The molecular formula is C18H23NO2. The second-order valence-corrected chi connectivity index (χ2v) is 5.08. The molecular weight excluding hydrogens is 262 g/mol. The monoisotopic (exact) mass is 285 g/mol. The van der Waals surface area contributed by atoms with Crippen molar-refractivity contribution in [1.29, 1.82) is 0 Å². The molecule has 0 aliphatic carbocycles. The summed E-state index contributed by atoms with van der Waals surface area (Å²) in [5.41, 5.74) is 9.78. The van der Waals surface area contributed by atoms with Crippen LogP contribution in [0.2, 0.25) is 0 Å². The SMILES string of the molecule is CCCc1cccc(C(N)c2cc(OC)ccc2OC)c1. The van der Waals surface area contributed by atoms with Gasteiger partial charge in [-0.2, -0.15) is 0 Å². The van der Waals surface area contributed by atoms with Crippen LogP contribution >= 0.6 is 0 Å². The van der Waals surface area contributed by atoms with Crippen LogP contribution in [0.25, 0.3) is 0 Å². The van der Waals surface area contributed by atoms with Gasteiger partial charge in [0.25, 0.3) is 0 Å². The summed E-state index contributed by atoms with van der Waals surface area (Å²) in [6.07, 6.45) is 2.19. The predicted octanol–water partition coefficient (Wildman–Crippen LogP) is 3.70. The number of nitrogens with two attached hydrogens (primary N) is 1. The Hall–Kier alpha value is -2.00. The predicted molar refractivity (Wildman–Crippen MR) is 86.0 cm³/mol. The molecule has 112 valence electrons. The second-order valence-electron chi connectivity index (χ2n) is 5.08. The molecule has 3 heteroatoms. The fraction of sp³-hybridized carbons (Fsp3) is 0.333. The normalized spacial score (nSPS) is 12.0. The van der Waals surface area contributed by atoms with E-state index < -0.39 is 0 Å². The van der Waals surface area contributed by atoms with Crippen molar-refractivity contribution in [3.8, 4) is 11.5 Å². The lowest BCUT2D eigenvalue weighted by Gasteiger charge is -2.18. The van der Waals surface area contributed by atoms with E-state index in [1.165, 1.54) is 5.56 Å². The average molecular weight is 285 g/mol. The van der Waals surface area contributed by atoms with Crippen molar-refractivity contribution in [2.45, 2.75) is 25.8 Å². The van der Waals surface area contributed by atoms with Crippen molar-refractivity contribution in [1.82, 2.24) is 0 Å². The summed E-state index contributed by atoms with van der Waals surface area (Å²) in [6.45, 7) is 2.18. The molecule has 2 aromatic carbocycles. The van der Waals surface area contributed by atoms with Crippen LogP contribution < -0.4 is 15.2 Å². The number of rotatable bonds is 6. The van der Waals surface area contributed by atoms with E-state index in [-0.39, 0.29) is 6.04 Å². The third-order valence-corrected chi connectivity index (χ3v) is 3.62. The highest BCUT2D eigenvalue weighted by Gasteiger charge is 2.15. The van der Waals surface area contributed by atoms with E-state index in [4.69, 9.17) is 15.2 Å². The summed E-state index contributed by atoms with van der Waals surface area (Å²) in [6, 6.07) is 13.9. The molecule has 0 saturated carbocycles. The first-order valence-electron chi connectivity index (χ1n) is 7.26. The van der Waals surface area contributed by atoms with Gasteiger partial charge in [-0.3, -0.25) is 0 Å². The van der Waals surface area contributed by atoms with Crippen LogP contribution in [0.5, 0.6) is 11.5 Å². The summed E-state index contributed by atoms with van der Waals surface area (Å²) in [5, 5.41) is 0. The molecule has 0 bridgehead atoms. The van der Waals surface area contributed by atoms with Gasteiger partial charge in [0.05, 0.1) is 20.3 Å². The van der Waals surface area contributed by atoms with Gasteiger partial charge < -0.3 is 15.2 Å². The summed E-state index contributed by atoms with van der Waals surface area (Å²) in [5.74, 6) is 1.56. The lowest BCUT2D eigenvalue weighted by molar-refractivity contribution is 0.397. The molecule has 0 spiro atoms. The highest BCUT2D eigenvalue weighted by Crippen LogP contribution is 2.32. The fourth-order valence-corrected chi connectivity index (χ4v) is 2.49. The van der Waals surface area contributed by atoms with Crippen LogP contribution in [0.1, 0.15) is 36.1 Å². The standard InChI is InChI=1S/C18H23NO2/c1-4-6-13-7-5-8-14(11-13)18(19)16-12-15(20-2)9-10-17(16)21-3/h5,7-12,18H,4,6,19H2,1-3H3. The first kappa shape index (κ1) is 15.4. The smallest absolute Gasteiger partial charge is 0.124 e.